The first-order valence-electron chi connectivity index (χ1n) is 3.78. The summed E-state index contributed by atoms with van der Waals surface area (Å²) >= 11 is 0. The zero-order valence-electron chi connectivity index (χ0n) is 8.03. The maximum absolute atomic E-state index is 12.7. The third-order valence-electron chi connectivity index (χ3n) is 1.36. The quantitative estimate of drug-likeness (QED) is 0.666. The van der Waals surface area contributed by atoms with Gasteiger partial charge in [0.2, 0.25) is 0 Å². The van der Waals surface area contributed by atoms with Crippen LogP contribution < -0.4 is 9.47 Å². The van der Waals surface area contributed by atoms with Gasteiger partial charge in [-0.15, -0.1) is 0 Å². The molecule has 1 aromatic rings. The Labute approximate surface area is 82.2 Å². The van der Waals surface area contributed by atoms with Gasteiger partial charge in [-0.25, -0.2) is 4.39 Å². The summed E-state index contributed by atoms with van der Waals surface area (Å²) in [4.78, 5) is 0. The fourth-order valence-corrected chi connectivity index (χ4v) is 0.767. The molecular weight excluding hydrogens is 190 g/mol. The van der Waals surface area contributed by atoms with Gasteiger partial charge in [0, 0.05) is 6.07 Å². The van der Waals surface area contributed by atoms with Crippen molar-refractivity contribution in [3.05, 3.63) is 24.0 Å². The van der Waals surface area contributed by atoms with Gasteiger partial charge in [0.1, 0.15) is 5.75 Å². The van der Waals surface area contributed by atoms with Crippen molar-refractivity contribution in [2.45, 2.75) is 0 Å². The molecule has 0 aliphatic rings. The molecule has 0 bridgehead atoms. The minimum Gasteiger partial charge on any atom is -0.497 e. The Kier molecular flexibility index (Phi) is 6.52. The van der Waals surface area contributed by atoms with Crippen LogP contribution in [0, 0.1) is 5.82 Å². The molecule has 0 aromatic heterocycles. The number of benzene rings is 1. The van der Waals surface area contributed by atoms with Gasteiger partial charge in [-0.2, -0.15) is 0 Å². The van der Waals surface area contributed by atoms with Crippen molar-refractivity contribution in [2.75, 3.05) is 14.2 Å². The van der Waals surface area contributed by atoms with Crippen LogP contribution in [-0.4, -0.2) is 32.0 Å². The molecule has 0 heterocycles. The summed E-state index contributed by atoms with van der Waals surface area (Å²) in [5.74, 6) is 0.404. The van der Waals surface area contributed by atoms with Crippen LogP contribution in [0.1, 0.15) is 0 Å². The highest BCUT2D eigenvalue weighted by Gasteiger charge is 2.01. The highest BCUT2D eigenvalue weighted by molar-refractivity contribution is 6.13. The van der Waals surface area contributed by atoms with Crippen LogP contribution in [0.5, 0.6) is 11.5 Å². The van der Waals surface area contributed by atoms with Crippen LogP contribution >= 0.6 is 0 Å². The highest BCUT2D eigenvalue weighted by atomic mass is 19.1. The first-order valence-corrected chi connectivity index (χ1v) is 3.78. The van der Waals surface area contributed by atoms with E-state index in [2.05, 4.69) is 0 Å². The van der Waals surface area contributed by atoms with E-state index in [1.165, 1.54) is 32.4 Å². The molecule has 2 N–H and O–H groups in total. The van der Waals surface area contributed by atoms with E-state index in [9.17, 15) is 4.39 Å². The molecule has 1 aromatic carbocycles. The number of halogens is 1. The first kappa shape index (κ1) is 12.7. The summed E-state index contributed by atoms with van der Waals surface area (Å²) in [7, 11) is 2.19. The van der Waals surface area contributed by atoms with E-state index in [1.807, 2.05) is 0 Å². The van der Waals surface area contributed by atoms with Crippen LogP contribution in [0.4, 0.5) is 4.39 Å². The number of methoxy groups -OCH3 is 2. The molecule has 0 radical (unpaired) electrons. The van der Waals surface area contributed by atoms with Crippen LogP contribution in [0.3, 0.4) is 0 Å². The molecule has 0 unspecified atom stereocenters. The number of ether oxygens (including phenoxy) is 2. The van der Waals surface area contributed by atoms with Crippen molar-refractivity contribution >= 4 is 7.69 Å². The van der Waals surface area contributed by atoms with Crippen LogP contribution in [-0.2, 0) is 0 Å². The van der Waals surface area contributed by atoms with Crippen molar-refractivity contribution < 1.29 is 23.9 Å². The molecule has 1 rings (SSSR count). The first-order chi connectivity index (χ1) is 6.69. The van der Waals surface area contributed by atoms with Gasteiger partial charge >= 0.3 is 7.69 Å². The largest absolute Gasteiger partial charge is 0.497 e. The van der Waals surface area contributed by atoms with E-state index in [1.54, 1.807) is 0 Å². The van der Waals surface area contributed by atoms with Gasteiger partial charge < -0.3 is 19.5 Å². The summed E-state index contributed by atoms with van der Waals surface area (Å²) in [6, 6.07) is 4.34. The average molecular weight is 202 g/mol. The number of rotatable bonds is 2. The van der Waals surface area contributed by atoms with Gasteiger partial charge in [-0.05, 0) is 12.1 Å². The Hall–Kier alpha value is -1.27. The molecule has 0 aliphatic carbocycles. The fourth-order valence-electron chi connectivity index (χ4n) is 0.767. The van der Waals surface area contributed by atoms with Crippen molar-refractivity contribution in [2.24, 2.45) is 0 Å². The topological polar surface area (TPSA) is 58.9 Å². The summed E-state index contributed by atoms with van der Waals surface area (Å²) < 4.78 is 22.3. The monoisotopic (exact) mass is 202 g/mol. The van der Waals surface area contributed by atoms with E-state index < -0.39 is 7.69 Å². The van der Waals surface area contributed by atoms with Gasteiger partial charge in [0.25, 0.3) is 0 Å². The normalized spacial score (nSPS) is 8.36. The van der Waals surface area contributed by atoms with Crippen molar-refractivity contribution in [3.63, 3.8) is 0 Å². The lowest BCUT2D eigenvalue weighted by molar-refractivity contribution is 0.374. The Balaban J connectivity index is 0.000000500. The Morgan fingerprint density at radius 3 is 2.21 bits per heavy atom. The van der Waals surface area contributed by atoms with Crippen LogP contribution in [0.25, 0.3) is 0 Å². The van der Waals surface area contributed by atoms with Crippen LogP contribution in [0.15, 0.2) is 18.2 Å². The second-order valence-electron chi connectivity index (χ2n) is 2.14. The van der Waals surface area contributed by atoms with Crippen molar-refractivity contribution in [3.8, 4) is 11.5 Å². The molecule has 0 spiro atoms. The predicted octanol–water partition coefficient (Wildman–Crippen LogP) is 0.0804. The van der Waals surface area contributed by atoms with Gasteiger partial charge in [-0.3, -0.25) is 0 Å². The van der Waals surface area contributed by atoms with E-state index in [-0.39, 0.29) is 11.6 Å². The van der Waals surface area contributed by atoms with Crippen molar-refractivity contribution in [1.82, 2.24) is 0 Å². The van der Waals surface area contributed by atoms with Crippen molar-refractivity contribution in [1.29, 1.82) is 0 Å². The Morgan fingerprint density at radius 2 is 1.79 bits per heavy atom. The Morgan fingerprint density at radius 1 is 1.21 bits per heavy atom. The standard InChI is InChI=1S/C8H9FO2.BH3O2/c1-10-6-3-4-7(9)8(5-6)11-2;2-1-3/h3-5H,1-2H3;1-3H. The smallest absolute Gasteiger partial charge is 0.432 e. The molecule has 0 aliphatic heterocycles. The molecule has 78 valence electrons. The molecule has 0 atom stereocenters. The molecular formula is C8H12BFO4. The van der Waals surface area contributed by atoms with E-state index in [0.29, 0.717) is 5.75 Å². The Bertz CT molecular complexity index is 270. The number of hydrogen-bond donors (Lipinski definition) is 2. The molecule has 4 nitrogen and oxygen atoms in total. The SMILES string of the molecule is COc1ccc(F)c(OC)c1.OBO. The molecule has 0 saturated heterocycles. The van der Waals surface area contributed by atoms with Gasteiger partial charge in [0.05, 0.1) is 14.2 Å². The highest BCUT2D eigenvalue weighted by Crippen LogP contribution is 2.22. The lowest BCUT2D eigenvalue weighted by Gasteiger charge is -2.03. The molecule has 0 saturated carbocycles. The molecule has 0 fully saturated rings. The zero-order chi connectivity index (χ0) is 11.0. The van der Waals surface area contributed by atoms with Crippen LogP contribution in [0.2, 0.25) is 0 Å². The van der Waals surface area contributed by atoms with E-state index in [0.717, 1.165) is 0 Å². The minimum absolute atomic E-state index is 0.198. The summed E-state index contributed by atoms with van der Waals surface area (Å²) in [6.45, 7) is 0. The zero-order valence-corrected chi connectivity index (χ0v) is 8.03. The van der Waals surface area contributed by atoms with Gasteiger partial charge in [-0.1, -0.05) is 0 Å². The lowest BCUT2D eigenvalue weighted by atomic mass is 10.3. The molecule has 14 heavy (non-hydrogen) atoms. The molecule has 6 heteroatoms. The fraction of sp³-hybridized carbons (Fsp3) is 0.250. The van der Waals surface area contributed by atoms with Gasteiger partial charge in [0.15, 0.2) is 11.6 Å². The third-order valence-corrected chi connectivity index (χ3v) is 1.36. The predicted molar refractivity (Wildman–Crippen MR) is 51.1 cm³/mol. The second kappa shape index (κ2) is 7.17. The van der Waals surface area contributed by atoms with E-state index in [4.69, 9.17) is 19.5 Å². The second-order valence-corrected chi connectivity index (χ2v) is 2.14. The van der Waals surface area contributed by atoms with E-state index >= 15 is 0 Å². The maximum atomic E-state index is 12.7. The maximum Gasteiger partial charge on any atom is 0.432 e. The summed E-state index contributed by atoms with van der Waals surface area (Å²) in [5, 5.41) is 14.2. The summed E-state index contributed by atoms with van der Waals surface area (Å²) in [6.07, 6.45) is 0. The number of hydrogen-bond acceptors (Lipinski definition) is 4. The lowest BCUT2D eigenvalue weighted by Crippen LogP contribution is -1.89. The third kappa shape index (κ3) is 4.11. The molecule has 0 amide bonds. The minimum atomic E-state index is -0.750. The average Bonchev–Trinajstić information content (AvgIpc) is 2.20. The summed E-state index contributed by atoms with van der Waals surface area (Å²) in [5.41, 5.74) is 0.